The fourth-order valence-electron chi connectivity index (χ4n) is 2.81. The second-order valence-electron chi connectivity index (χ2n) is 6.14. The van der Waals surface area contributed by atoms with Gasteiger partial charge in [0.15, 0.2) is 5.11 Å². The quantitative estimate of drug-likeness (QED) is 0.612. The van der Waals surface area contributed by atoms with E-state index in [1.165, 1.54) is 0 Å². The number of hydrogen-bond donors (Lipinski definition) is 2. The van der Waals surface area contributed by atoms with E-state index in [1.54, 1.807) is 48.5 Å². The highest BCUT2D eigenvalue weighted by atomic mass is 32.1. The van der Waals surface area contributed by atoms with E-state index in [2.05, 4.69) is 10.6 Å². The van der Waals surface area contributed by atoms with Crippen LogP contribution in [0.2, 0.25) is 0 Å². The van der Waals surface area contributed by atoms with E-state index in [-0.39, 0.29) is 22.8 Å². The summed E-state index contributed by atoms with van der Waals surface area (Å²) in [6.07, 6.45) is 2.17. The molecule has 1 heterocycles. The summed E-state index contributed by atoms with van der Waals surface area (Å²) >= 11 is 5.13. The minimum atomic E-state index is -0.338. The van der Waals surface area contributed by atoms with E-state index in [0.717, 1.165) is 17.7 Å². The number of carbonyl (C=O) groups excluding carboxylic acids is 3. The van der Waals surface area contributed by atoms with Crippen molar-refractivity contribution >= 4 is 46.4 Å². The van der Waals surface area contributed by atoms with E-state index >= 15 is 0 Å². The normalized spacial score (nSPS) is 12.7. The SMILES string of the molecule is CCCCC(=O)NC(=S)Nc1ccc(N2C(=O)c3ccccc3C2=O)cc1. The van der Waals surface area contributed by atoms with Crippen LogP contribution in [0.3, 0.4) is 0 Å². The van der Waals surface area contributed by atoms with Crippen molar-refractivity contribution in [1.82, 2.24) is 5.32 Å². The van der Waals surface area contributed by atoms with Gasteiger partial charge < -0.3 is 10.6 Å². The molecule has 0 unspecified atom stereocenters. The molecule has 6 nitrogen and oxygen atoms in total. The van der Waals surface area contributed by atoms with Crippen LogP contribution >= 0.6 is 12.2 Å². The van der Waals surface area contributed by atoms with E-state index in [4.69, 9.17) is 12.2 Å². The van der Waals surface area contributed by atoms with Gasteiger partial charge in [-0.3, -0.25) is 14.4 Å². The van der Waals surface area contributed by atoms with Crippen LogP contribution in [0, 0.1) is 0 Å². The molecule has 0 radical (unpaired) electrons. The Balaban J connectivity index is 1.66. The standard InChI is InChI=1S/C20H19N3O3S/c1-2-3-8-17(24)22-20(27)21-13-9-11-14(12-10-13)23-18(25)15-6-4-5-7-16(15)19(23)26/h4-7,9-12H,2-3,8H2,1H3,(H2,21,22,24,27). The van der Waals surface area contributed by atoms with Crippen molar-refractivity contribution in [3.8, 4) is 0 Å². The van der Waals surface area contributed by atoms with Gasteiger partial charge in [-0.2, -0.15) is 0 Å². The highest BCUT2D eigenvalue weighted by molar-refractivity contribution is 7.80. The molecule has 0 saturated heterocycles. The average Bonchev–Trinajstić information content (AvgIpc) is 2.92. The molecule has 7 heteroatoms. The predicted octanol–water partition coefficient (Wildman–Crippen LogP) is 3.49. The molecule has 0 bridgehead atoms. The Hall–Kier alpha value is -3.06. The number of imide groups is 1. The first kappa shape index (κ1) is 18.7. The Labute approximate surface area is 162 Å². The van der Waals surface area contributed by atoms with E-state index in [9.17, 15) is 14.4 Å². The summed E-state index contributed by atoms with van der Waals surface area (Å²) in [5.41, 5.74) is 1.93. The van der Waals surface area contributed by atoms with Crippen LogP contribution in [0.4, 0.5) is 11.4 Å². The molecule has 2 N–H and O–H groups in total. The molecule has 0 saturated carbocycles. The van der Waals surface area contributed by atoms with Crippen molar-refractivity contribution in [3.63, 3.8) is 0 Å². The lowest BCUT2D eigenvalue weighted by Gasteiger charge is -2.15. The second kappa shape index (κ2) is 8.09. The summed E-state index contributed by atoms with van der Waals surface area (Å²) in [5, 5.41) is 5.75. The van der Waals surface area contributed by atoms with Crippen molar-refractivity contribution < 1.29 is 14.4 Å². The van der Waals surface area contributed by atoms with Gasteiger partial charge >= 0.3 is 0 Å². The first-order valence-electron chi connectivity index (χ1n) is 8.70. The van der Waals surface area contributed by atoms with Crippen molar-refractivity contribution in [2.45, 2.75) is 26.2 Å². The van der Waals surface area contributed by atoms with Crippen LogP contribution in [-0.4, -0.2) is 22.8 Å². The van der Waals surface area contributed by atoms with Crippen LogP contribution in [0.25, 0.3) is 0 Å². The molecule has 1 aliphatic rings. The van der Waals surface area contributed by atoms with Crippen LogP contribution in [0.15, 0.2) is 48.5 Å². The summed E-state index contributed by atoms with van der Waals surface area (Å²) in [6.45, 7) is 2.01. The van der Waals surface area contributed by atoms with Crippen molar-refractivity contribution in [2.75, 3.05) is 10.2 Å². The van der Waals surface area contributed by atoms with Gasteiger partial charge in [0, 0.05) is 12.1 Å². The molecular weight excluding hydrogens is 362 g/mol. The van der Waals surface area contributed by atoms with Crippen molar-refractivity contribution in [3.05, 3.63) is 59.7 Å². The van der Waals surface area contributed by atoms with Gasteiger partial charge in [0.05, 0.1) is 16.8 Å². The summed E-state index contributed by atoms with van der Waals surface area (Å²) in [6, 6.07) is 13.5. The molecule has 3 amide bonds. The first-order valence-corrected chi connectivity index (χ1v) is 9.10. The maximum atomic E-state index is 12.5. The largest absolute Gasteiger partial charge is 0.332 e. The maximum absolute atomic E-state index is 12.5. The number of hydrogen-bond acceptors (Lipinski definition) is 4. The molecule has 1 aliphatic heterocycles. The topological polar surface area (TPSA) is 78.5 Å². The van der Waals surface area contributed by atoms with Gasteiger partial charge in [0.2, 0.25) is 5.91 Å². The lowest BCUT2D eigenvalue weighted by molar-refractivity contribution is -0.119. The summed E-state index contributed by atoms with van der Waals surface area (Å²) in [4.78, 5) is 37.8. The number of nitrogens with zero attached hydrogens (tertiary/aromatic N) is 1. The van der Waals surface area contributed by atoms with E-state index < -0.39 is 0 Å². The van der Waals surface area contributed by atoms with Crippen molar-refractivity contribution in [1.29, 1.82) is 0 Å². The molecule has 0 fully saturated rings. The van der Waals surface area contributed by atoms with Crippen LogP contribution in [0.1, 0.15) is 46.9 Å². The minimum absolute atomic E-state index is 0.128. The maximum Gasteiger partial charge on any atom is 0.266 e. The zero-order valence-corrected chi connectivity index (χ0v) is 15.6. The smallest absolute Gasteiger partial charge is 0.266 e. The van der Waals surface area contributed by atoms with Crippen LogP contribution < -0.4 is 15.5 Å². The van der Waals surface area contributed by atoms with Crippen LogP contribution in [-0.2, 0) is 4.79 Å². The average molecular weight is 381 g/mol. The summed E-state index contributed by atoms with van der Waals surface area (Å²) in [5.74, 6) is -0.804. The number of benzene rings is 2. The summed E-state index contributed by atoms with van der Waals surface area (Å²) in [7, 11) is 0. The number of anilines is 2. The fourth-order valence-corrected chi connectivity index (χ4v) is 3.04. The molecule has 27 heavy (non-hydrogen) atoms. The summed E-state index contributed by atoms with van der Waals surface area (Å²) < 4.78 is 0. The van der Waals surface area contributed by atoms with Gasteiger partial charge in [-0.05, 0) is 55.0 Å². The third kappa shape index (κ3) is 4.03. The molecule has 2 aromatic carbocycles. The fraction of sp³-hybridized carbons (Fsp3) is 0.200. The molecule has 3 rings (SSSR count). The Morgan fingerprint density at radius 1 is 1.00 bits per heavy atom. The van der Waals surface area contributed by atoms with Gasteiger partial charge in [-0.15, -0.1) is 0 Å². The van der Waals surface area contributed by atoms with E-state index in [0.29, 0.717) is 28.9 Å². The highest BCUT2D eigenvalue weighted by Crippen LogP contribution is 2.28. The Morgan fingerprint density at radius 2 is 1.59 bits per heavy atom. The number of rotatable bonds is 5. The third-order valence-electron chi connectivity index (χ3n) is 4.19. The molecule has 2 aromatic rings. The Morgan fingerprint density at radius 3 is 2.15 bits per heavy atom. The van der Waals surface area contributed by atoms with Gasteiger partial charge in [-0.25, -0.2) is 4.90 Å². The zero-order chi connectivity index (χ0) is 19.4. The second-order valence-corrected chi connectivity index (χ2v) is 6.55. The molecule has 0 spiro atoms. The lowest BCUT2D eigenvalue weighted by atomic mass is 10.1. The number of nitrogens with one attached hydrogen (secondary N) is 2. The molecule has 138 valence electrons. The molecule has 0 aliphatic carbocycles. The molecular formula is C20H19N3O3S. The highest BCUT2D eigenvalue weighted by Gasteiger charge is 2.36. The van der Waals surface area contributed by atoms with Crippen molar-refractivity contribution in [2.24, 2.45) is 0 Å². The predicted molar refractivity (Wildman–Crippen MR) is 108 cm³/mol. The lowest BCUT2D eigenvalue weighted by Crippen LogP contribution is -2.34. The number of amides is 3. The van der Waals surface area contributed by atoms with Gasteiger partial charge in [0.25, 0.3) is 11.8 Å². The van der Waals surface area contributed by atoms with E-state index in [1.807, 2.05) is 6.92 Å². The number of thiocarbonyl (C=S) groups is 1. The molecule has 0 atom stereocenters. The monoisotopic (exact) mass is 381 g/mol. The minimum Gasteiger partial charge on any atom is -0.332 e. The zero-order valence-electron chi connectivity index (χ0n) is 14.8. The van der Waals surface area contributed by atoms with Crippen LogP contribution in [0.5, 0.6) is 0 Å². The molecule has 0 aromatic heterocycles. The first-order chi connectivity index (χ1) is 13.0. The number of carbonyl (C=O) groups is 3. The van der Waals surface area contributed by atoms with Gasteiger partial charge in [0.1, 0.15) is 0 Å². The number of unbranched alkanes of at least 4 members (excludes halogenated alkanes) is 1. The Bertz CT molecular complexity index is 874. The third-order valence-corrected chi connectivity index (χ3v) is 4.39. The Kier molecular flexibility index (Phi) is 5.61. The van der Waals surface area contributed by atoms with Gasteiger partial charge in [-0.1, -0.05) is 25.5 Å². The number of fused-ring (bicyclic) bond motifs is 1.